The number of hydrogen-bond donors (Lipinski definition) is 0. The average molecular weight is 396 g/mol. The van der Waals surface area contributed by atoms with Gasteiger partial charge >= 0.3 is 5.97 Å². The molecule has 0 amide bonds. The summed E-state index contributed by atoms with van der Waals surface area (Å²) < 4.78 is 10.7. The molecule has 0 N–H and O–H groups in total. The van der Waals surface area contributed by atoms with Crippen LogP contribution < -0.4 is 4.74 Å². The van der Waals surface area contributed by atoms with Crippen LogP contribution in [0.4, 0.5) is 11.4 Å². The van der Waals surface area contributed by atoms with E-state index in [0.717, 1.165) is 15.0 Å². The molecule has 0 heterocycles. The van der Waals surface area contributed by atoms with Crippen molar-refractivity contribution < 1.29 is 14.3 Å². The number of nitrogens with zero attached hydrogens (tertiary/aromatic N) is 2. The summed E-state index contributed by atoms with van der Waals surface area (Å²) >= 11 is 2.18. The Labute approximate surface area is 136 Å². The van der Waals surface area contributed by atoms with Crippen LogP contribution in [0.3, 0.4) is 0 Å². The van der Waals surface area contributed by atoms with Gasteiger partial charge in [0.2, 0.25) is 0 Å². The van der Waals surface area contributed by atoms with E-state index in [2.05, 4.69) is 37.6 Å². The lowest BCUT2D eigenvalue weighted by molar-refractivity contribution is 0.0601. The zero-order valence-corrected chi connectivity index (χ0v) is 13.7. The Hall–Kier alpha value is -1.96. The highest BCUT2D eigenvalue weighted by Crippen LogP contribution is 2.27. The Morgan fingerprint density at radius 2 is 1.76 bits per heavy atom. The van der Waals surface area contributed by atoms with Gasteiger partial charge in [-0.1, -0.05) is 0 Å². The third-order valence-electron chi connectivity index (χ3n) is 2.72. The molecule has 6 heteroatoms. The van der Waals surface area contributed by atoms with Crippen LogP contribution in [0.15, 0.2) is 52.7 Å². The second-order valence-corrected chi connectivity index (χ2v) is 5.22. The van der Waals surface area contributed by atoms with Gasteiger partial charge in [0.05, 0.1) is 31.2 Å². The Morgan fingerprint density at radius 3 is 2.33 bits per heavy atom. The summed E-state index contributed by atoms with van der Waals surface area (Å²) in [4.78, 5) is 11.3. The second kappa shape index (κ2) is 7.16. The highest BCUT2D eigenvalue weighted by Gasteiger charge is 2.04. The van der Waals surface area contributed by atoms with Crippen LogP contribution in [0, 0.1) is 3.57 Å². The number of esters is 1. The first-order valence-electron chi connectivity index (χ1n) is 6.07. The number of benzene rings is 2. The molecule has 0 atom stereocenters. The fraction of sp³-hybridized carbons (Fsp3) is 0.133. The van der Waals surface area contributed by atoms with Crippen molar-refractivity contribution in [2.75, 3.05) is 14.2 Å². The van der Waals surface area contributed by atoms with E-state index < -0.39 is 0 Å². The molecule has 5 nitrogen and oxygen atoms in total. The monoisotopic (exact) mass is 396 g/mol. The summed E-state index contributed by atoms with van der Waals surface area (Å²) in [6.45, 7) is 0. The number of carbonyl (C=O) groups is 1. The van der Waals surface area contributed by atoms with Gasteiger partial charge in [-0.3, -0.25) is 0 Å². The second-order valence-electron chi connectivity index (χ2n) is 4.06. The molecule has 0 saturated heterocycles. The molecule has 0 unspecified atom stereocenters. The van der Waals surface area contributed by atoms with Gasteiger partial charge in [-0.15, -0.1) is 5.11 Å². The normalized spacial score (nSPS) is 10.6. The predicted molar refractivity (Wildman–Crippen MR) is 87.7 cm³/mol. The van der Waals surface area contributed by atoms with Crippen LogP contribution in [-0.4, -0.2) is 20.2 Å². The minimum atomic E-state index is -0.372. The largest absolute Gasteiger partial charge is 0.497 e. The predicted octanol–water partition coefficient (Wildman–Crippen LogP) is 4.50. The van der Waals surface area contributed by atoms with Gasteiger partial charge in [0.15, 0.2) is 0 Å². The van der Waals surface area contributed by atoms with Crippen LogP contribution in [0.5, 0.6) is 5.75 Å². The van der Waals surface area contributed by atoms with Crippen molar-refractivity contribution in [1.29, 1.82) is 0 Å². The Kier molecular flexibility index (Phi) is 5.26. The van der Waals surface area contributed by atoms with Crippen LogP contribution >= 0.6 is 22.6 Å². The van der Waals surface area contributed by atoms with Crippen molar-refractivity contribution in [2.45, 2.75) is 0 Å². The van der Waals surface area contributed by atoms with Crippen LogP contribution in [-0.2, 0) is 4.74 Å². The number of hydrogen-bond acceptors (Lipinski definition) is 5. The number of rotatable bonds is 4. The highest BCUT2D eigenvalue weighted by molar-refractivity contribution is 14.1. The van der Waals surface area contributed by atoms with E-state index in [9.17, 15) is 4.79 Å². The third kappa shape index (κ3) is 4.01. The molecule has 0 aliphatic rings. The molecule has 0 bridgehead atoms. The molecule has 0 aliphatic carbocycles. The molecular formula is C15H13IN2O3. The smallest absolute Gasteiger partial charge is 0.337 e. The number of carbonyl (C=O) groups excluding carboxylic acids is 1. The summed E-state index contributed by atoms with van der Waals surface area (Å²) in [5, 5.41) is 8.34. The maximum atomic E-state index is 11.3. The summed E-state index contributed by atoms with van der Waals surface area (Å²) in [5.74, 6) is 0.406. The molecule has 0 aromatic heterocycles. The standard InChI is InChI=1S/C15H13IN2O3/c1-20-12-7-8-14(13(16)9-12)18-17-11-5-3-10(4-6-11)15(19)21-2/h3-9H,1-2H3. The van der Waals surface area contributed by atoms with Gasteiger partial charge in [-0.25, -0.2) is 4.79 Å². The average Bonchev–Trinajstić information content (AvgIpc) is 2.53. The van der Waals surface area contributed by atoms with E-state index in [1.165, 1.54) is 7.11 Å². The lowest BCUT2D eigenvalue weighted by Crippen LogP contribution is -1.99. The Morgan fingerprint density at radius 1 is 1.05 bits per heavy atom. The first kappa shape index (κ1) is 15.4. The van der Waals surface area contributed by atoms with E-state index in [1.54, 1.807) is 31.4 Å². The van der Waals surface area contributed by atoms with Gasteiger partial charge in [0, 0.05) is 3.57 Å². The minimum absolute atomic E-state index is 0.372. The molecule has 2 aromatic carbocycles. The molecule has 0 aliphatic heterocycles. The van der Waals surface area contributed by atoms with Gasteiger partial charge in [0.1, 0.15) is 5.75 Å². The topological polar surface area (TPSA) is 60.2 Å². The summed E-state index contributed by atoms with van der Waals surface area (Å²) in [6.07, 6.45) is 0. The fourth-order valence-corrected chi connectivity index (χ4v) is 2.18. The zero-order valence-electron chi connectivity index (χ0n) is 11.5. The lowest BCUT2D eigenvalue weighted by atomic mass is 10.2. The van der Waals surface area contributed by atoms with Gasteiger partial charge in [-0.05, 0) is 65.1 Å². The molecule has 21 heavy (non-hydrogen) atoms. The van der Waals surface area contributed by atoms with Crippen molar-refractivity contribution in [3.8, 4) is 5.75 Å². The summed E-state index contributed by atoms with van der Waals surface area (Å²) in [5.41, 5.74) is 1.90. The highest BCUT2D eigenvalue weighted by atomic mass is 127. The van der Waals surface area contributed by atoms with Crippen LogP contribution in [0.2, 0.25) is 0 Å². The number of azo groups is 1. The molecule has 0 radical (unpaired) electrons. The van der Waals surface area contributed by atoms with Crippen molar-refractivity contribution >= 4 is 39.9 Å². The summed E-state index contributed by atoms with van der Waals surface area (Å²) in [6, 6.07) is 12.3. The van der Waals surface area contributed by atoms with Crippen LogP contribution in [0.1, 0.15) is 10.4 Å². The van der Waals surface area contributed by atoms with Gasteiger partial charge < -0.3 is 9.47 Å². The number of halogens is 1. The van der Waals surface area contributed by atoms with Crippen molar-refractivity contribution in [3.63, 3.8) is 0 Å². The third-order valence-corrected chi connectivity index (χ3v) is 3.58. The first-order chi connectivity index (χ1) is 10.1. The molecular weight excluding hydrogens is 383 g/mol. The molecule has 0 saturated carbocycles. The number of ether oxygens (including phenoxy) is 2. The molecule has 0 fully saturated rings. The minimum Gasteiger partial charge on any atom is -0.497 e. The maximum absolute atomic E-state index is 11.3. The maximum Gasteiger partial charge on any atom is 0.337 e. The van der Waals surface area contributed by atoms with E-state index in [-0.39, 0.29) is 5.97 Å². The van der Waals surface area contributed by atoms with Gasteiger partial charge in [0.25, 0.3) is 0 Å². The van der Waals surface area contributed by atoms with Crippen molar-refractivity contribution in [1.82, 2.24) is 0 Å². The first-order valence-corrected chi connectivity index (χ1v) is 7.15. The van der Waals surface area contributed by atoms with Crippen molar-refractivity contribution in [2.24, 2.45) is 10.2 Å². The van der Waals surface area contributed by atoms with Crippen molar-refractivity contribution in [3.05, 3.63) is 51.6 Å². The van der Waals surface area contributed by atoms with E-state index in [4.69, 9.17) is 4.74 Å². The Bertz CT molecular complexity index is 669. The van der Waals surface area contributed by atoms with Crippen LogP contribution in [0.25, 0.3) is 0 Å². The molecule has 108 valence electrons. The van der Waals surface area contributed by atoms with Gasteiger partial charge in [-0.2, -0.15) is 5.11 Å². The van der Waals surface area contributed by atoms with E-state index in [0.29, 0.717) is 11.3 Å². The summed E-state index contributed by atoms with van der Waals surface area (Å²) in [7, 11) is 2.97. The molecule has 2 rings (SSSR count). The molecule has 2 aromatic rings. The molecule has 0 spiro atoms. The lowest BCUT2D eigenvalue weighted by Gasteiger charge is -2.02. The van der Waals surface area contributed by atoms with E-state index in [1.807, 2.05) is 18.2 Å². The quantitative estimate of drug-likeness (QED) is 0.434. The SMILES string of the molecule is COC(=O)c1ccc(N=Nc2ccc(OC)cc2I)cc1. The number of methoxy groups -OCH3 is 2. The fourth-order valence-electron chi connectivity index (χ4n) is 1.59. The van der Waals surface area contributed by atoms with E-state index >= 15 is 0 Å². The zero-order chi connectivity index (χ0) is 15.2. The Balaban J connectivity index is 2.16.